The Bertz CT molecular complexity index is 1060. The van der Waals surface area contributed by atoms with Crippen LogP contribution >= 0.6 is 0 Å². The molecule has 1 N–H and O–H groups in total. The van der Waals surface area contributed by atoms with Crippen LogP contribution in [0.3, 0.4) is 0 Å². The Labute approximate surface area is 205 Å². The standard InChI is InChI=1S/C21H24F2N2O3.C6H8O/c1-5-25(4)13-24-19-11-14(2)18(10-15(19)3)20(26)27-12-16-6-8-17(9-7-16)28-21(22)23;1-4-5(2)6(3)7/h6-11,13,21H,5,12H2,1-4H3;4,7H,1-3H2. The molecule has 2 rings (SSSR count). The number of benzene rings is 2. The van der Waals surface area contributed by atoms with E-state index in [1.54, 1.807) is 24.5 Å². The van der Waals surface area contributed by atoms with Crippen LogP contribution in [0.25, 0.3) is 0 Å². The average molecular weight is 487 g/mol. The second kappa shape index (κ2) is 14.3. The minimum absolute atomic E-state index is 0.0185. The molecule has 0 spiro atoms. The number of nitrogens with zero attached hydrogens (tertiary/aromatic N) is 2. The molecule has 0 aliphatic heterocycles. The zero-order chi connectivity index (χ0) is 26.5. The van der Waals surface area contributed by atoms with E-state index in [0.717, 1.165) is 23.4 Å². The molecule has 8 heteroatoms. The summed E-state index contributed by atoms with van der Waals surface area (Å²) in [5, 5.41) is 8.46. The van der Waals surface area contributed by atoms with Crippen LogP contribution in [0, 0.1) is 13.8 Å². The van der Waals surface area contributed by atoms with Gasteiger partial charge in [0.05, 0.1) is 17.6 Å². The molecule has 0 bridgehead atoms. The van der Waals surface area contributed by atoms with Gasteiger partial charge in [-0.3, -0.25) is 0 Å². The minimum Gasteiger partial charge on any atom is -0.508 e. The van der Waals surface area contributed by atoms with Crippen molar-refractivity contribution in [3.8, 4) is 5.75 Å². The lowest BCUT2D eigenvalue weighted by molar-refractivity contribution is -0.0498. The third-order valence-corrected chi connectivity index (χ3v) is 4.79. The molecule has 0 aliphatic rings. The van der Waals surface area contributed by atoms with Gasteiger partial charge in [0.2, 0.25) is 0 Å². The lowest BCUT2D eigenvalue weighted by atomic mass is 10.0. The van der Waals surface area contributed by atoms with E-state index in [0.29, 0.717) is 16.7 Å². The van der Waals surface area contributed by atoms with Gasteiger partial charge in [-0.05, 0) is 61.7 Å². The van der Waals surface area contributed by atoms with Crippen LogP contribution < -0.4 is 4.74 Å². The first-order valence-corrected chi connectivity index (χ1v) is 10.7. The highest BCUT2D eigenvalue weighted by atomic mass is 19.3. The van der Waals surface area contributed by atoms with Gasteiger partial charge < -0.3 is 19.5 Å². The Hall–Kier alpha value is -3.94. The number of alkyl halides is 2. The van der Waals surface area contributed by atoms with Gasteiger partial charge in [-0.25, -0.2) is 9.79 Å². The van der Waals surface area contributed by atoms with Crippen molar-refractivity contribution in [3.63, 3.8) is 0 Å². The first-order chi connectivity index (χ1) is 16.5. The van der Waals surface area contributed by atoms with Crippen molar-refractivity contribution in [2.45, 2.75) is 34.0 Å². The number of halogens is 2. The smallest absolute Gasteiger partial charge is 0.387 e. The number of aryl methyl sites for hydroxylation is 2. The molecule has 188 valence electrons. The predicted molar refractivity (Wildman–Crippen MR) is 136 cm³/mol. The van der Waals surface area contributed by atoms with Gasteiger partial charge in [0.25, 0.3) is 0 Å². The Kier molecular flexibility index (Phi) is 11.9. The number of hydrogen-bond acceptors (Lipinski definition) is 5. The molecular formula is C27H32F2N2O4. The molecular weight excluding hydrogens is 454 g/mol. The van der Waals surface area contributed by atoms with Gasteiger partial charge in [0.15, 0.2) is 0 Å². The molecule has 0 saturated carbocycles. The quantitative estimate of drug-likeness (QED) is 0.133. The number of rotatable bonds is 10. The van der Waals surface area contributed by atoms with Gasteiger partial charge in [-0.1, -0.05) is 37.9 Å². The number of ether oxygens (including phenoxy) is 2. The van der Waals surface area contributed by atoms with Gasteiger partial charge in [-0.15, -0.1) is 0 Å². The van der Waals surface area contributed by atoms with Crippen LogP contribution in [0.5, 0.6) is 5.75 Å². The van der Waals surface area contributed by atoms with Crippen LogP contribution in [0.15, 0.2) is 78.5 Å². The molecule has 2 aromatic rings. The molecule has 0 heterocycles. The normalized spacial score (nSPS) is 10.4. The van der Waals surface area contributed by atoms with Crippen LogP contribution in [0.2, 0.25) is 0 Å². The first kappa shape index (κ1) is 29.1. The third kappa shape index (κ3) is 10.2. The van der Waals surface area contributed by atoms with Crippen molar-refractivity contribution >= 4 is 18.0 Å². The van der Waals surface area contributed by atoms with Crippen molar-refractivity contribution in [2.24, 2.45) is 4.99 Å². The number of aliphatic imine (C=N–C) groups is 1. The summed E-state index contributed by atoms with van der Waals surface area (Å²) in [5.41, 5.74) is 4.05. The molecule has 0 aromatic heterocycles. The predicted octanol–water partition coefficient (Wildman–Crippen LogP) is 6.67. The van der Waals surface area contributed by atoms with E-state index in [9.17, 15) is 13.6 Å². The fourth-order valence-electron chi connectivity index (χ4n) is 2.51. The van der Waals surface area contributed by atoms with Crippen LogP contribution in [0.4, 0.5) is 14.5 Å². The number of hydrogen-bond donors (Lipinski definition) is 1. The Morgan fingerprint density at radius 2 is 1.80 bits per heavy atom. The van der Waals surface area contributed by atoms with Crippen molar-refractivity contribution in [2.75, 3.05) is 13.6 Å². The molecule has 6 nitrogen and oxygen atoms in total. The number of aliphatic hydroxyl groups excluding tert-OH is 1. The molecule has 2 aromatic carbocycles. The van der Waals surface area contributed by atoms with Gasteiger partial charge >= 0.3 is 12.6 Å². The van der Waals surface area contributed by atoms with Crippen molar-refractivity contribution in [1.29, 1.82) is 0 Å². The molecule has 0 unspecified atom stereocenters. The van der Waals surface area contributed by atoms with E-state index in [1.165, 1.54) is 18.2 Å². The molecule has 0 amide bonds. The van der Waals surface area contributed by atoms with E-state index in [-0.39, 0.29) is 18.1 Å². The Morgan fingerprint density at radius 3 is 2.29 bits per heavy atom. The summed E-state index contributed by atoms with van der Waals surface area (Å²) in [4.78, 5) is 18.8. The van der Waals surface area contributed by atoms with Crippen molar-refractivity contribution < 1.29 is 28.2 Å². The number of allylic oxidation sites excluding steroid dienone is 1. The zero-order valence-electron chi connectivity index (χ0n) is 20.6. The molecule has 0 aliphatic carbocycles. The van der Waals surface area contributed by atoms with E-state index >= 15 is 0 Å². The largest absolute Gasteiger partial charge is 0.508 e. The van der Waals surface area contributed by atoms with Crippen LogP contribution in [0.1, 0.15) is 34.0 Å². The highest BCUT2D eigenvalue weighted by molar-refractivity contribution is 5.92. The SMILES string of the molecule is C=CC(=C)C(=C)O.CCN(C)C=Nc1cc(C)c(C(=O)OCc2ccc(OC(F)F)cc2)cc1C. The number of esters is 1. The van der Waals surface area contributed by atoms with Gasteiger partial charge in [-0.2, -0.15) is 8.78 Å². The second-order valence-corrected chi connectivity index (χ2v) is 7.55. The fraction of sp³-hybridized carbons (Fsp3) is 0.259. The third-order valence-electron chi connectivity index (χ3n) is 4.79. The lowest BCUT2D eigenvalue weighted by Crippen LogP contribution is -2.14. The summed E-state index contributed by atoms with van der Waals surface area (Å²) in [6.07, 6.45) is 3.20. The van der Waals surface area contributed by atoms with Gasteiger partial charge in [0, 0.05) is 19.2 Å². The van der Waals surface area contributed by atoms with Crippen LogP contribution in [-0.2, 0) is 11.3 Å². The van der Waals surface area contributed by atoms with E-state index < -0.39 is 12.6 Å². The van der Waals surface area contributed by atoms with Gasteiger partial charge in [0.1, 0.15) is 18.1 Å². The fourth-order valence-corrected chi connectivity index (χ4v) is 2.51. The summed E-state index contributed by atoms with van der Waals surface area (Å²) in [6.45, 7) is 13.7. The molecule has 0 atom stereocenters. The average Bonchev–Trinajstić information content (AvgIpc) is 2.82. The summed E-state index contributed by atoms with van der Waals surface area (Å²) < 4.78 is 34.0. The highest BCUT2D eigenvalue weighted by Gasteiger charge is 2.13. The van der Waals surface area contributed by atoms with E-state index in [2.05, 4.69) is 29.5 Å². The monoisotopic (exact) mass is 486 g/mol. The van der Waals surface area contributed by atoms with Crippen molar-refractivity contribution in [1.82, 2.24) is 4.90 Å². The summed E-state index contributed by atoms with van der Waals surface area (Å²) >= 11 is 0. The maximum Gasteiger partial charge on any atom is 0.387 e. The summed E-state index contributed by atoms with van der Waals surface area (Å²) in [7, 11) is 1.93. The van der Waals surface area contributed by atoms with Crippen molar-refractivity contribution in [3.05, 3.63) is 95.8 Å². The topological polar surface area (TPSA) is 71.4 Å². The first-order valence-electron chi connectivity index (χ1n) is 10.7. The number of carbonyl (C=O) groups is 1. The maximum atomic E-state index is 12.4. The second-order valence-electron chi connectivity index (χ2n) is 7.55. The number of aliphatic hydroxyl groups is 1. The Balaban J connectivity index is 0.000000762. The minimum atomic E-state index is -2.87. The maximum absolute atomic E-state index is 12.4. The molecule has 0 saturated heterocycles. The summed E-state index contributed by atoms with van der Waals surface area (Å²) in [5.74, 6) is -0.411. The van der Waals surface area contributed by atoms with Crippen LogP contribution in [-0.4, -0.2) is 42.5 Å². The Morgan fingerprint density at radius 1 is 1.17 bits per heavy atom. The summed E-state index contributed by atoms with van der Waals surface area (Å²) in [6, 6.07) is 9.57. The van der Waals surface area contributed by atoms with E-state index in [4.69, 9.17) is 9.84 Å². The molecule has 35 heavy (non-hydrogen) atoms. The number of carbonyl (C=O) groups excluding carboxylic acids is 1. The highest BCUT2D eigenvalue weighted by Crippen LogP contribution is 2.24. The lowest BCUT2D eigenvalue weighted by Gasteiger charge is -2.12. The zero-order valence-corrected chi connectivity index (χ0v) is 20.6. The van der Waals surface area contributed by atoms with E-state index in [1.807, 2.05) is 38.8 Å². The molecule has 0 fully saturated rings. The molecule has 0 radical (unpaired) electrons.